The zero-order valence-electron chi connectivity index (χ0n) is 15.0. The predicted molar refractivity (Wildman–Crippen MR) is 103 cm³/mol. The molecule has 4 rings (SSSR count). The third-order valence-electron chi connectivity index (χ3n) is 4.49. The van der Waals surface area contributed by atoms with Crippen LogP contribution in [0.4, 0.5) is 5.95 Å². The number of imidazole rings is 1. The molecule has 0 saturated carbocycles. The maximum atomic E-state index is 12.8. The van der Waals surface area contributed by atoms with Crippen molar-refractivity contribution in [3.8, 4) is 5.75 Å². The van der Waals surface area contributed by atoms with Crippen molar-refractivity contribution in [1.82, 2.24) is 19.2 Å². The van der Waals surface area contributed by atoms with Gasteiger partial charge in [0.15, 0.2) is 5.52 Å². The minimum absolute atomic E-state index is 0.00682. The molecule has 0 saturated heterocycles. The van der Waals surface area contributed by atoms with Crippen LogP contribution in [0.1, 0.15) is 37.2 Å². The van der Waals surface area contributed by atoms with Crippen LogP contribution in [0.15, 0.2) is 35.3 Å². The first-order valence-electron chi connectivity index (χ1n) is 8.55. The van der Waals surface area contributed by atoms with Gasteiger partial charge in [-0.25, -0.2) is 9.50 Å². The lowest BCUT2D eigenvalue weighted by Crippen LogP contribution is -2.22. The molecule has 1 aliphatic heterocycles. The molecule has 8 heteroatoms. The number of fused-ring (bicyclic) bond motifs is 2. The SMILES string of the molecule is CSCOc1ccc(C2Cn3c(nn4c(C(C)C)ncc4c3=O)N2)cc1. The summed E-state index contributed by atoms with van der Waals surface area (Å²) in [7, 11) is 0. The van der Waals surface area contributed by atoms with Crippen molar-refractivity contribution in [3.63, 3.8) is 0 Å². The summed E-state index contributed by atoms with van der Waals surface area (Å²) in [6.45, 7) is 4.63. The van der Waals surface area contributed by atoms with Gasteiger partial charge in [-0.3, -0.25) is 9.36 Å². The van der Waals surface area contributed by atoms with Gasteiger partial charge in [0.25, 0.3) is 5.56 Å². The van der Waals surface area contributed by atoms with Crippen molar-refractivity contribution in [1.29, 1.82) is 0 Å². The Balaban J connectivity index is 1.63. The normalized spacial score (nSPS) is 16.1. The number of nitrogens with zero attached hydrogens (tertiary/aromatic N) is 4. The lowest BCUT2D eigenvalue weighted by molar-refractivity contribution is 0.393. The van der Waals surface area contributed by atoms with E-state index in [1.165, 1.54) is 0 Å². The highest BCUT2D eigenvalue weighted by Crippen LogP contribution is 2.28. The van der Waals surface area contributed by atoms with E-state index in [9.17, 15) is 4.79 Å². The molecule has 3 aromatic rings. The van der Waals surface area contributed by atoms with Gasteiger partial charge >= 0.3 is 0 Å². The molecular formula is C18H21N5O2S. The van der Waals surface area contributed by atoms with Gasteiger partial charge in [-0.2, -0.15) is 0 Å². The highest BCUT2D eigenvalue weighted by atomic mass is 32.2. The summed E-state index contributed by atoms with van der Waals surface area (Å²) in [6.07, 6.45) is 3.62. The van der Waals surface area contributed by atoms with Crippen LogP contribution in [0.5, 0.6) is 5.75 Å². The van der Waals surface area contributed by atoms with Crippen molar-refractivity contribution < 1.29 is 4.74 Å². The molecule has 26 heavy (non-hydrogen) atoms. The number of benzene rings is 1. The van der Waals surface area contributed by atoms with Crippen LogP contribution in [-0.4, -0.2) is 31.4 Å². The van der Waals surface area contributed by atoms with Crippen molar-refractivity contribution in [3.05, 3.63) is 52.2 Å². The van der Waals surface area contributed by atoms with Gasteiger partial charge in [-0.1, -0.05) is 26.0 Å². The Morgan fingerprint density at radius 3 is 2.81 bits per heavy atom. The minimum atomic E-state index is -0.0654. The monoisotopic (exact) mass is 371 g/mol. The molecule has 0 amide bonds. The van der Waals surface area contributed by atoms with Gasteiger partial charge in [0.05, 0.1) is 18.8 Å². The fourth-order valence-corrected chi connectivity index (χ4v) is 3.41. The molecule has 7 nitrogen and oxygen atoms in total. The Morgan fingerprint density at radius 1 is 1.35 bits per heavy atom. The van der Waals surface area contributed by atoms with Gasteiger partial charge in [0, 0.05) is 5.92 Å². The fourth-order valence-electron chi connectivity index (χ4n) is 3.16. The molecule has 1 N–H and O–H groups in total. The van der Waals surface area contributed by atoms with Gasteiger partial charge in [0.1, 0.15) is 17.5 Å². The van der Waals surface area contributed by atoms with E-state index < -0.39 is 0 Å². The lowest BCUT2D eigenvalue weighted by Gasteiger charge is -2.11. The molecule has 0 bridgehead atoms. The first-order chi connectivity index (χ1) is 12.6. The van der Waals surface area contributed by atoms with Crippen LogP contribution < -0.4 is 15.6 Å². The van der Waals surface area contributed by atoms with E-state index in [1.54, 1.807) is 27.0 Å². The van der Waals surface area contributed by atoms with E-state index in [2.05, 4.69) is 15.4 Å². The number of hydrogen-bond acceptors (Lipinski definition) is 6. The molecule has 0 radical (unpaired) electrons. The number of ether oxygens (including phenoxy) is 1. The zero-order valence-corrected chi connectivity index (χ0v) is 15.8. The zero-order chi connectivity index (χ0) is 18.3. The van der Waals surface area contributed by atoms with Crippen LogP contribution in [-0.2, 0) is 6.54 Å². The summed E-state index contributed by atoms with van der Waals surface area (Å²) < 4.78 is 8.94. The summed E-state index contributed by atoms with van der Waals surface area (Å²) in [5.74, 6) is 3.04. The van der Waals surface area contributed by atoms with E-state index in [0.717, 1.165) is 17.1 Å². The maximum Gasteiger partial charge on any atom is 0.281 e. The van der Waals surface area contributed by atoms with E-state index >= 15 is 0 Å². The van der Waals surface area contributed by atoms with Crippen molar-refractivity contribution in [2.24, 2.45) is 0 Å². The molecule has 1 aliphatic rings. The second-order valence-corrected chi connectivity index (χ2v) is 7.44. The van der Waals surface area contributed by atoms with E-state index in [4.69, 9.17) is 4.74 Å². The van der Waals surface area contributed by atoms with Gasteiger partial charge in [-0.15, -0.1) is 16.9 Å². The molecule has 0 fully saturated rings. The lowest BCUT2D eigenvalue weighted by atomic mass is 10.1. The largest absolute Gasteiger partial charge is 0.483 e. The molecular weight excluding hydrogens is 350 g/mol. The molecule has 1 atom stereocenters. The Morgan fingerprint density at radius 2 is 2.12 bits per heavy atom. The van der Waals surface area contributed by atoms with E-state index in [-0.39, 0.29) is 17.5 Å². The maximum absolute atomic E-state index is 12.8. The summed E-state index contributed by atoms with van der Waals surface area (Å²) in [6, 6.07) is 7.97. The third-order valence-corrected chi connectivity index (χ3v) is 4.84. The van der Waals surface area contributed by atoms with E-state index in [0.29, 0.717) is 23.9 Å². The van der Waals surface area contributed by atoms with Crippen molar-refractivity contribution in [2.75, 3.05) is 17.5 Å². The number of hydrogen-bond donors (Lipinski definition) is 1. The predicted octanol–water partition coefficient (Wildman–Crippen LogP) is 2.88. The highest BCUT2D eigenvalue weighted by Gasteiger charge is 2.26. The molecule has 1 unspecified atom stereocenters. The topological polar surface area (TPSA) is 73.5 Å². The summed E-state index contributed by atoms with van der Waals surface area (Å²) in [5, 5.41) is 7.97. The number of aromatic nitrogens is 4. The van der Waals surface area contributed by atoms with Crippen LogP contribution in [0.3, 0.4) is 0 Å². The first kappa shape index (κ1) is 17.0. The molecule has 2 aromatic heterocycles. The number of anilines is 1. The summed E-state index contributed by atoms with van der Waals surface area (Å²) in [4.78, 5) is 17.2. The summed E-state index contributed by atoms with van der Waals surface area (Å²) in [5.41, 5.74) is 1.54. The van der Waals surface area contributed by atoms with Crippen molar-refractivity contribution in [2.45, 2.75) is 32.4 Å². The van der Waals surface area contributed by atoms with Crippen molar-refractivity contribution >= 4 is 23.2 Å². The summed E-state index contributed by atoms with van der Waals surface area (Å²) >= 11 is 1.64. The van der Waals surface area contributed by atoms with Gasteiger partial charge in [-0.05, 0) is 24.0 Å². The Labute approximate surface area is 155 Å². The second kappa shape index (κ2) is 6.68. The quantitative estimate of drug-likeness (QED) is 0.695. The molecule has 0 aliphatic carbocycles. The molecule has 0 spiro atoms. The number of nitrogens with one attached hydrogen (secondary N) is 1. The van der Waals surface area contributed by atoms with Crippen LogP contribution >= 0.6 is 11.8 Å². The number of rotatable bonds is 5. The highest BCUT2D eigenvalue weighted by molar-refractivity contribution is 7.98. The molecule has 3 heterocycles. The molecule has 1 aromatic carbocycles. The smallest absolute Gasteiger partial charge is 0.281 e. The Bertz CT molecular complexity index is 993. The van der Waals surface area contributed by atoms with Crippen LogP contribution in [0.2, 0.25) is 0 Å². The third kappa shape index (κ3) is 2.84. The van der Waals surface area contributed by atoms with Gasteiger partial charge in [0.2, 0.25) is 5.95 Å². The first-order valence-corrected chi connectivity index (χ1v) is 9.94. The van der Waals surface area contributed by atoms with E-state index in [1.807, 2.05) is 44.4 Å². The average molecular weight is 371 g/mol. The Kier molecular flexibility index (Phi) is 4.36. The number of thioether (sulfide) groups is 1. The Hall–Kier alpha value is -2.48. The van der Waals surface area contributed by atoms with Crippen LogP contribution in [0, 0.1) is 0 Å². The molecule has 136 valence electrons. The van der Waals surface area contributed by atoms with Gasteiger partial charge < -0.3 is 10.1 Å². The minimum Gasteiger partial charge on any atom is -0.483 e. The second-order valence-electron chi connectivity index (χ2n) is 6.62. The van der Waals surface area contributed by atoms with Crippen LogP contribution in [0.25, 0.3) is 5.52 Å². The fraction of sp³-hybridized carbons (Fsp3) is 0.389. The standard InChI is InChI=1S/C18H21N5O2S/c1-11(2)16-19-8-15-17(24)22-9-14(20-18(22)21-23(15)16)12-4-6-13(7-5-12)25-10-26-3/h4-8,11,14H,9-10H2,1-3H3,(H,20,21). The average Bonchev–Trinajstić information content (AvgIpc) is 3.25.